The first-order valence-electron chi connectivity index (χ1n) is 24.5. The second kappa shape index (κ2) is 26.8. The molecule has 0 aliphatic carbocycles. The summed E-state index contributed by atoms with van der Waals surface area (Å²) in [5.41, 5.74) is 14.8. The van der Waals surface area contributed by atoms with Gasteiger partial charge in [0, 0.05) is 78.3 Å². The maximum absolute atomic E-state index is 14.7. The molecule has 0 spiro atoms. The predicted octanol–water partition coefficient (Wildman–Crippen LogP) is 0.824. The van der Waals surface area contributed by atoms with Gasteiger partial charge in [0.15, 0.2) is 5.96 Å². The number of aliphatic hydroxyl groups excluding tert-OH is 1. The number of imidazole rings is 1. The van der Waals surface area contributed by atoms with Gasteiger partial charge in [-0.1, -0.05) is 62.4 Å². The van der Waals surface area contributed by atoms with Crippen molar-refractivity contribution in [1.82, 2.24) is 51.8 Å². The highest BCUT2D eigenvalue weighted by Gasteiger charge is 2.34. The summed E-state index contributed by atoms with van der Waals surface area (Å²) < 4.78 is 0. The van der Waals surface area contributed by atoms with Gasteiger partial charge in [-0.15, -0.1) is 0 Å². The largest absolute Gasteiger partial charge is 0.508 e. The molecule has 398 valence electrons. The second-order valence-corrected chi connectivity index (χ2v) is 18.6. The van der Waals surface area contributed by atoms with Gasteiger partial charge in [-0.05, 0) is 72.6 Å². The summed E-state index contributed by atoms with van der Waals surface area (Å²) in [5, 5.41) is 48.1. The van der Waals surface area contributed by atoms with Crippen LogP contribution in [-0.2, 0) is 59.2 Å². The van der Waals surface area contributed by atoms with Crippen molar-refractivity contribution in [3.63, 3.8) is 0 Å². The van der Waals surface area contributed by atoms with Crippen molar-refractivity contribution in [2.75, 3.05) is 13.2 Å². The Hall–Kier alpha value is -8.73. The number of aromatic nitrogens is 4. The summed E-state index contributed by atoms with van der Waals surface area (Å²) in [5.74, 6) is -6.46. The number of carboxylic acid groups (broad SMARTS) is 1. The van der Waals surface area contributed by atoms with E-state index in [1.54, 1.807) is 24.7 Å². The van der Waals surface area contributed by atoms with E-state index < -0.39 is 84.3 Å². The SMILES string of the molecule is CC(C)C[C@H](NC(=O)[C@@H](Cc1c[nH]c2ccccc12)NC(=O)[C@H](Cc1ccc(O)cc1)NC(=O)[C@H](CO)NC(=O)[C@H](Cc1c[nH]c2ccccc12)NC(=O)CCc1cnc[nH]1)C(=O)N[C@@H](CCCN=C(N)N)C(=O)O. The van der Waals surface area contributed by atoms with Crippen LogP contribution in [0.25, 0.3) is 21.8 Å². The molecule has 3 heterocycles. The van der Waals surface area contributed by atoms with Crippen LogP contribution in [0.2, 0.25) is 0 Å². The number of nitrogens with zero attached hydrogens (tertiary/aromatic N) is 2. The van der Waals surface area contributed by atoms with E-state index in [-0.39, 0.29) is 69.1 Å². The van der Waals surface area contributed by atoms with Crippen LogP contribution < -0.4 is 43.4 Å². The number of aliphatic imine (C=N–C) groups is 1. The zero-order valence-corrected chi connectivity index (χ0v) is 41.6. The first kappa shape index (κ1) is 55.6. The number of carbonyl (C=O) groups is 7. The van der Waals surface area contributed by atoms with Gasteiger partial charge in [-0.2, -0.15) is 0 Å². The van der Waals surface area contributed by atoms with Crippen molar-refractivity contribution in [1.29, 1.82) is 0 Å². The van der Waals surface area contributed by atoms with Crippen LogP contribution in [0.5, 0.6) is 5.75 Å². The molecule has 0 aliphatic heterocycles. The van der Waals surface area contributed by atoms with Gasteiger partial charge >= 0.3 is 5.97 Å². The zero-order valence-electron chi connectivity index (χ0n) is 41.6. The number of hydrogen-bond donors (Lipinski definition) is 14. The third kappa shape index (κ3) is 16.4. The number of amides is 6. The monoisotopic (exact) mass is 1030 g/mol. The number of carboxylic acids is 1. The topological polar surface area (TPSA) is 377 Å². The fraction of sp³-hybridized carbons (Fsp3) is 0.365. The lowest BCUT2D eigenvalue weighted by Crippen LogP contribution is -2.61. The number of aromatic amines is 3. The molecule has 6 rings (SSSR count). The highest BCUT2D eigenvalue weighted by Crippen LogP contribution is 2.22. The lowest BCUT2D eigenvalue weighted by molar-refractivity contribution is -0.142. The average molecular weight is 1030 g/mol. The Morgan fingerprint density at radius 2 is 1.15 bits per heavy atom. The van der Waals surface area contributed by atoms with Crippen molar-refractivity contribution in [3.05, 3.63) is 120 Å². The number of aliphatic carboxylic acids is 1. The lowest BCUT2D eigenvalue weighted by Gasteiger charge is -2.28. The number of carbonyl (C=O) groups excluding carboxylic acids is 6. The van der Waals surface area contributed by atoms with Crippen molar-refractivity contribution in [3.8, 4) is 5.75 Å². The molecule has 75 heavy (non-hydrogen) atoms. The number of aryl methyl sites for hydroxylation is 1. The number of benzene rings is 3. The molecule has 3 aromatic carbocycles. The first-order valence-corrected chi connectivity index (χ1v) is 24.5. The summed E-state index contributed by atoms with van der Waals surface area (Å²) in [6, 6.07) is 12.1. The normalized spacial score (nSPS) is 13.7. The van der Waals surface area contributed by atoms with E-state index in [1.165, 1.54) is 30.6 Å². The van der Waals surface area contributed by atoms with E-state index >= 15 is 0 Å². The maximum Gasteiger partial charge on any atom is 0.326 e. The molecule has 3 aromatic heterocycles. The van der Waals surface area contributed by atoms with Gasteiger partial charge in [-0.25, -0.2) is 9.78 Å². The number of phenols is 1. The number of nitrogens with one attached hydrogen (secondary N) is 9. The number of aliphatic hydroxyl groups is 1. The molecule has 6 amide bonds. The number of fused-ring (bicyclic) bond motifs is 2. The minimum absolute atomic E-state index is 0.00228. The molecular weight excluding hydrogens is 967 g/mol. The summed E-state index contributed by atoms with van der Waals surface area (Å²) in [6.07, 6.45) is 6.69. The van der Waals surface area contributed by atoms with Gasteiger partial charge < -0.3 is 73.6 Å². The average Bonchev–Trinajstić information content (AvgIpc) is 4.16. The molecule has 0 fully saturated rings. The molecule has 23 nitrogen and oxygen atoms in total. The molecule has 0 bridgehead atoms. The number of aromatic hydroxyl groups is 1. The predicted molar refractivity (Wildman–Crippen MR) is 278 cm³/mol. The Kier molecular flexibility index (Phi) is 19.9. The van der Waals surface area contributed by atoms with Gasteiger partial charge in [0.05, 0.1) is 12.9 Å². The molecule has 0 saturated heterocycles. The number of nitrogens with two attached hydrogens (primary N) is 2. The molecule has 0 aliphatic rings. The summed E-state index contributed by atoms with van der Waals surface area (Å²) in [6.45, 7) is 2.81. The quantitative estimate of drug-likeness (QED) is 0.0184. The Morgan fingerprint density at radius 3 is 1.68 bits per heavy atom. The van der Waals surface area contributed by atoms with Crippen LogP contribution in [0, 0.1) is 5.92 Å². The van der Waals surface area contributed by atoms with E-state index in [2.05, 4.69) is 56.8 Å². The Labute approximate surface area is 431 Å². The molecule has 23 heteroatoms. The van der Waals surface area contributed by atoms with E-state index in [4.69, 9.17) is 11.5 Å². The third-order valence-corrected chi connectivity index (χ3v) is 12.4. The minimum atomic E-state index is -1.65. The summed E-state index contributed by atoms with van der Waals surface area (Å²) in [4.78, 5) is 114. The van der Waals surface area contributed by atoms with Gasteiger partial charge in [0.2, 0.25) is 35.4 Å². The second-order valence-electron chi connectivity index (χ2n) is 18.6. The number of guanidine groups is 1. The molecule has 16 N–H and O–H groups in total. The molecule has 0 unspecified atom stereocenters. The Morgan fingerprint density at radius 1 is 0.640 bits per heavy atom. The third-order valence-electron chi connectivity index (χ3n) is 12.4. The molecular formula is C52H65N13O10. The number of rotatable bonds is 28. The van der Waals surface area contributed by atoms with E-state index in [0.717, 1.165) is 21.8 Å². The van der Waals surface area contributed by atoms with Crippen LogP contribution >= 0.6 is 0 Å². The zero-order chi connectivity index (χ0) is 54.0. The minimum Gasteiger partial charge on any atom is -0.508 e. The molecule has 0 radical (unpaired) electrons. The van der Waals surface area contributed by atoms with Crippen LogP contribution in [0.1, 0.15) is 61.9 Å². The molecule has 0 saturated carbocycles. The van der Waals surface area contributed by atoms with Gasteiger partial charge in [0.25, 0.3) is 0 Å². The highest BCUT2D eigenvalue weighted by atomic mass is 16.4. The molecule has 6 atom stereocenters. The number of hydrogen-bond acceptors (Lipinski definition) is 11. The fourth-order valence-electron chi connectivity index (χ4n) is 8.49. The van der Waals surface area contributed by atoms with Crippen LogP contribution in [0.15, 0.2) is 103 Å². The van der Waals surface area contributed by atoms with Crippen molar-refractivity contribution < 1.29 is 48.9 Å². The van der Waals surface area contributed by atoms with Crippen molar-refractivity contribution >= 4 is 69.2 Å². The fourth-order valence-corrected chi connectivity index (χ4v) is 8.49. The number of phenolic OH excluding ortho intramolecular Hbond substituents is 1. The summed E-state index contributed by atoms with van der Waals surface area (Å²) >= 11 is 0. The van der Waals surface area contributed by atoms with Crippen LogP contribution in [0.4, 0.5) is 0 Å². The van der Waals surface area contributed by atoms with Crippen molar-refractivity contribution in [2.24, 2.45) is 22.4 Å². The van der Waals surface area contributed by atoms with E-state index in [0.29, 0.717) is 28.8 Å². The summed E-state index contributed by atoms with van der Waals surface area (Å²) in [7, 11) is 0. The van der Waals surface area contributed by atoms with E-state index in [9.17, 15) is 48.9 Å². The molecule has 6 aromatic rings. The highest BCUT2D eigenvalue weighted by molar-refractivity contribution is 5.98. The first-order chi connectivity index (χ1) is 36.0. The Balaban J connectivity index is 1.24. The smallest absolute Gasteiger partial charge is 0.326 e. The standard InChI is InChI=1S/C52H65N13O10/c1-29(2)20-40(46(69)61-39(51(74)75)12-7-19-56-52(53)54)62-49(72)43(23-32-25-58-38-11-6-4-9-36(32)38)64-47(70)41(21-30-13-16-34(67)17-14-30)63-50(73)44(27-66)65-48(71)42(60-45(68)18-15-33-26-55-28-59-33)22-31-24-57-37-10-5-3-8-35(31)37/h3-6,8-11,13-14,16-17,24-26,28-29,39-44,57-58,66-67H,7,12,15,18-23,27H2,1-2H3,(H,55,59)(H,60,68)(H,61,69)(H,62,72)(H,63,73)(H,64,70)(H,65,71)(H,74,75)(H4,53,54,56)/t39-,40-,41-,42-,43+,44-/m0/s1. The number of H-pyrrole nitrogens is 3. The number of para-hydroxylation sites is 2. The van der Waals surface area contributed by atoms with Gasteiger partial charge in [0.1, 0.15) is 42.0 Å². The van der Waals surface area contributed by atoms with Crippen LogP contribution in [0.3, 0.4) is 0 Å². The maximum atomic E-state index is 14.7. The van der Waals surface area contributed by atoms with Crippen LogP contribution in [-0.4, -0.2) is 132 Å². The van der Waals surface area contributed by atoms with Crippen molar-refractivity contribution in [2.45, 2.75) is 101 Å². The van der Waals surface area contributed by atoms with E-state index in [1.807, 2.05) is 56.3 Å². The lowest BCUT2D eigenvalue weighted by atomic mass is 9.99. The van der Waals surface area contributed by atoms with Gasteiger partial charge in [-0.3, -0.25) is 33.8 Å². The Bertz CT molecular complexity index is 2930.